The third-order valence-electron chi connectivity index (χ3n) is 4.80. The molecule has 136 valence electrons. The Bertz CT molecular complexity index is 691. The number of unbranched alkanes of at least 4 members (excludes halogenated alkanes) is 1. The number of hydrogen-bond acceptors (Lipinski definition) is 3. The minimum Gasteiger partial charge on any atom is -0.464 e. The lowest BCUT2D eigenvalue weighted by atomic mass is 10.1. The zero-order chi connectivity index (χ0) is 17.6. The van der Waals surface area contributed by atoms with Crippen molar-refractivity contribution in [3.05, 3.63) is 41.6 Å². The van der Waals surface area contributed by atoms with Crippen molar-refractivity contribution in [1.82, 2.24) is 20.0 Å². The first kappa shape index (κ1) is 17.6. The fraction of sp³-hybridized carbons (Fsp3) is 0.579. The molecular formula is C19H28N4O2. The number of aryl methyl sites for hydroxylation is 3. The highest BCUT2D eigenvalue weighted by atomic mass is 16.3. The van der Waals surface area contributed by atoms with Gasteiger partial charge in [-0.1, -0.05) is 6.92 Å². The summed E-state index contributed by atoms with van der Waals surface area (Å²) in [5.41, 5.74) is 1.25. The van der Waals surface area contributed by atoms with Crippen molar-refractivity contribution in [2.75, 3.05) is 13.1 Å². The molecule has 0 radical (unpaired) electrons. The van der Waals surface area contributed by atoms with Crippen LogP contribution in [0.1, 0.15) is 55.7 Å². The van der Waals surface area contributed by atoms with E-state index in [1.807, 2.05) is 41.2 Å². The van der Waals surface area contributed by atoms with Crippen LogP contribution < -0.4 is 5.32 Å². The van der Waals surface area contributed by atoms with Crippen LogP contribution in [0.5, 0.6) is 0 Å². The fourth-order valence-electron chi connectivity index (χ4n) is 3.42. The van der Waals surface area contributed by atoms with Gasteiger partial charge in [-0.05, 0) is 49.8 Å². The number of urea groups is 1. The number of carbonyl (C=O) groups excluding carboxylic acids is 1. The van der Waals surface area contributed by atoms with E-state index in [-0.39, 0.29) is 12.1 Å². The Balaban J connectivity index is 1.42. The van der Waals surface area contributed by atoms with Crippen molar-refractivity contribution in [2.45, 2.75) is 51.5 Å². The van der Waals surface area contributed by atoms with E-state index in [9.17, 15) is 4.79 Å². The molecule has 2 amide bonds. The molecule has 3 heterocycles. The molecule has 3 rings (SSSR count). The molecule has 6 nitrogen and oxygen atoms in total. The van der Waals surface area contributed by atoms with Gasteiger partial charge in [0.05, 0.1) is 12.2 Å². The summed E-state index contributed by atoms with van der Waals surface area (Å²) in [5, 5.41) is 7.23. The summed E-state index contributed by atoms with van der Waals surface area (Å²) in [6.07, 6.45) is 9.86. The number of nitrogens with zero attached hydrogens (tertiary/aromatic N) is 3. The van der Waals surface area contributed by atoms with E-state index in [0.29, 0.717) is 6.54 Å². The Kier molecular flexibility index (Phi) is 5.79. The number of hydrogen-bond donors (Lipinski definition) is 1. The second-order valence-corrected chi connectivity index (χ2v) is 6.72. The average molecular weight is 344 g/mol. The van der Waals surface area contributed by atoms with Crippen molar-refractivity contribution in [3.63, 3.8) is 0 Å². The average Bonchev–Trinajstić information content (AvgIpc) is 3.34. The first-order valence-electron chi connectivity index (χ1n) is 9.28. The third-order valence-corrected chi connectivity index (χ3v) is 4.80. The van der Waals surface area contributed by atoms with Crippen molar-refractivity contribution in [1.29, 1.82) is 0 Å². The monoisotopic (exact) mass is 344 g/mol. The van der Waals surface area contributed by atoms with Gasteiger partial charge in [0.2, 0.25) is 0 Å². The van der Waals surface area contributed by atoms with E-state index in [2.05, 4.69) is 17.3 Å². The first-order valence-corrected chi connectivity index (χ1v) is 9.28. The molecule has 0 aromatic carbocycles. The maximum atomic E-state index is 12.5. The summed E-state index contributed by atoms with van der Waals surface area (Å²) in [4.78, 5) is 14.4. The van der Waals surface area contributed by atoms with Crippen molar-refractivity contribution >= 4 is 6.03 Å². The van der Waals surface area contributed by atoms with Crippen LogP contribution in [-0.4, -0.2) is 33.8 Å². The van der Waals surface area contributed by atoms with Gasteiger partial charge >= 0.3 is 6.03 Å². The third kappa shape index (κ3) is 4.44. The number of aromatic nitrogens is 2. The van der Waals surface area contributed by atoms with E-state index in [1.54, 1.807) is 0 Å². The van der Waals surface area contributed by atoms with Crippen molar-refractivity contribution in [3.8, 4) is 0 Å². The lowest BCUT2D eigenvalue weighted by molar-refractivity contribution is 0.185. The molecule has 1 fully saturated rings. The van der Waals surface area contributed by atoms with Crippen LogP contribution in [-0.2, 0) is 19.9 Å². The normalized spacial score (nSPS) is 17.2. The van der Waals surface area contributed by atoms with Crippen LogP contribution in [0.4, 0.5) is 4.79 Å². The number of likely N-dealkylation sites (tertiary alicyclic amines) is 1. The molecule has 0 saturated carbocycles. The van der Waals surface area contributed by atoms with Gasteiger partial charge in [-0.25, -0.2) is 4.79 Å². The van der Waals surface area contributed by atoms with Crippen LogP contribution in [0, 0.1) is 0 Å². The lowest BCUT2D eigenvalue weighted by Crippen LogP contribution is -2.39. The number of rotatable bonds is 7. The highest BCUT2D eigenvalue weighted by molar-refractivity contribution is 5.75. The van der Waals surface area contributed by atoms with Crippen LogP contribution in [0.3, 0.4) is 0 Å². The summed E-state index contributed by atoms with van der Waals surface area (Å²) in [6.45, 7) is 3.59. The van der Waals surface area contributed by atoms with E-state index in [0.717, 1.165) is 56.6 Å². The van der Waals surface area contributed by atoms with Gasteiger partial charge in [0.15, 0.2) is 0 Å². The smallest absolute Gasteiger partial charge is 0.318 e. The molecule has 1 saturated heterocycles. The molecule has 25 heavy (non-hydrogen) atoms. The summed E-state index contributed by atoms with van der Waals surface area (Å²) >= 11 is 0. The van der Waals surface area contributed by atoms with Gasteiger partial charge in [-0.3, -0.25) is 4.68 Å². The van der Waals surface area contributed by atoms with Gasteiger partial charge in [-0.15, -0.1) is 0 Å². The summed E-state index contributed by atoms with van der Waals surface area (Å²) < 4.78 is 7.68. The lowest BCUT2D eigenvalue weighted by Gasteiger charge is -2.23. The second-order valence-electron chi connectivity index (χ2n) is 6.72. The number of furan rings is 1. The zero-order valence-electron chi connectivity index (χ0n) is 15.2. The van der Waals surface area contributed by atoms with E-state index >= 15 is 0 Å². The van der Waals surface area contributed by atoms with Crippen LogP contribution in [0.2, 0.25) is 0 Å². The minimum absolute atomic E-state index is 0.0262. The van der Waals surface area contributed by atoms with Crippen LogP contribution >= 0.6 is 0 Å². The molecule has 2 aromatic rings. The molecule has 1 aliphatic rings. The number of amides is 2. The quantitative estimate of drug-likeness (QED) is 0.783. The van der Waals surface area contributed by atoms with Gasteiger partial charge in [0.25, 0.3) is 0 Å². The van der Waals surface area contributed by atoms with Gasteiger partial charge < -0.3 is 14.6 Å². The predicted octanol–water partition coefficient (Wildman–Crippen LogP) is 3.44. The van der Waals surface area contributed by atoms with Gasteiger partial charge in [0.1, 0.15) is 11.5 Å². The molecule has 0 aliphatic carbocycles. The maximum absolute atomic E-state index is 12.5. The highest BCUT2D eigenvalue weighted by Gasteiger charge is 2.31. The van der Waals surface area contributed by atoms with Gasteiger partial charge in [0, 0.05) is 32.8 Å². The summed E-state index contributed by atoms with van der Waals surface area (Å²) in [7, 11) is 1.93. The molecule has 1 N–H and O–H groups in total. The highest BCUT2D eigenvalue weighted by Crippen LogP contribution is 2.33. The molecule has 1 aliphatic heterocycles. The molecule has 2 aromatic heterocycles. The van der Waals surface area contributed by atoms with E-state index in [1.165, 1.54) is 5.56 Å². The standard InChI is InChI=1S/C19H28N4O2/c1-3-16-9-10-18(25-16)17-8-6-12-23(17)19(24)20-11-5-4-7-15-13-21-22(2)14-15/h9-10,13-14,17H,3-8,11-12H2,1-2H3,(H,20,24)/t17-/m1/s1. The Morgan fingerprint density at radius 2 is 2.28 bits per heavy atom. The maximum Gasteiger partial charge on any atom is 0.318 e. The van der Waals surface area contributed by atoms with Crippen molar-refractivity contribution < 1.29 is 9.21 Å². The summed E-state index contributed by atoms with van der Waals surface area (Å²) in [6, 6.07) is 4.14. The fourth-order valence-corrected chi connectivity index (χ4v) is 3.42. The Morgan fingerprint density at radius 3 is 3.00 bits per heavy atom. The molecule has 0 bridgehead atoms. The van der Waals surface area contributed by atoms with Gasteiger partial charge in [-0.2, -0.15) is 5.10 Å². The predicted molar refractivity (Wildman–Crippen MR) is 96.3 cm³/mol. The second kappa shape index (κ2) is 8.23. The van der Waals surface area contributed by atoms with E-state index in [4.69, 9.17) is 4.42 Å². The van der Waals surface area contributed by atoms with Crippen LogP contribution in [0.25, 0.3) is 0 Å². The largest absolute Gasteiger partial charge is 0.464 e. The SMILES string of the molecule is CCc1ccc([C@H]2CCCN2C(=O)NCCCCc2cnn(C)c2)o1. The zero-order valence-corrected chi connectivity index (χ0v) is 15.2. The molecule has 1 atom stereocenters. The molecule has 0 spiro atoms. The molecule has 6 heteroatoms. The summed E-state index contributed by atoms with van der Waals surface area (Å²) in [5.74, 6) is 1.90. The molecule has 0 unspecified atom stereocenters. The first-order chi connectivity index (χ1) is 12.2. The Morgan fingerprint density at radius 1 is 1.40 bits per heavy atom. The Hall–Kier alpha value is -2.24. The topological polar surface area (TPSA) is 63.3 Å². The number of carbonyl (C=O) groups is 1. The molecular weight excluding hydrogens is 316 g/mol. The van der Waals surface area contributed by atoms with Crippen LogP contribution in [0.15, 0.2) is 28.9 Å². The van der Waals surface area contributed by atoms with E-state index < -0.39 is 0 Å². The van der Waals surface area contributed by atoms with Crippen molar-refractivity contribution in [2.24, 2.45) is 7.05 Å². The number of nitrogens with one attached hydrogen (secondary N) is 1. The Labute approximate surface area is 149 Å². The minimum atomic E-state index is 0.0262.